The van der Waals surface area contributed by atoms with Gasteiger partial charge in [-0.1, -0.05) is 23.5 Å². The lowest BCUT2D eigenvalue weighted by atomic mass is 10.1. The smallest absolute Gasteiger partial charge is 0.226 e. The van der Waals surface area contributed by atoms with Crippen LogP contribution in [0.25, 0.3) is 0 Å². The number of carbonyl (C=O) groups is 1. The van der Waals surface area contributed by atoms with Crippen LogP contribution in [0.3, 0.4) is 0 Å². The van der Waals surface area contributed by atoms with E-state index < -0.39 is 0 Å². The van der Waals surface area contributed by atoms with E-state index in [4.69, 9.17) is 4.74 Å². The highest BCUT2D eigenvalue weighted by Gasteiger charge is 2.07. The average Bonchev–Trinajstić information content (AvgIpc) is 2.82. The minimum absolute atomic E-state index is 0.0565. The van der Waals surface area contributed by atoms with E-state index in [0.717, 1.165) is 16.3 Å². The van der Waals surface area contributed by atoms with Gasteiger partial charge in [-0.2, -0.15) is 0 Å². The van der Waals surface area contributed by atoms with Gasteiger partial charge in [0.05, 0.1) is 7.11 Å². The van der Waals surface area contributed by atoms with E-state index in [1.807, 2.05) is 31.2 Å². The van der Waals surface area contributed by atoms with E-state index in [1.165, 1.54) is 11.3 Å². The van der Waals surface area contributed by atoms with Gasteiger partial charge in [0, 0.05) is 6.42 Å². The lowest BCUT2D eigenvalue weighted by Crippen LogP contribution is -2.12. The Bertz CT molecular complexity index is 569. The predicted molar refractivity (Wildman–Crippen MR) is 74.6 cm³/mol. The second-order valence-corrected chi connectivity index (χ2v) is 5.21. The topological polar surface area (TPSA) is 64.1 Å². The summed E-state index contributed by atoms with van der Waals surface area (Å²) in [6.45, 7) is 1.85. The second kappa shape index (κ2) is 6.29. The fourth-order valence-corrected chi connectivity index (χ4v) is 2.22. The first kappa shape index (κ1) is 13.5. The molecule has 2 aromatic rings. The number of carbonyl (C=O) groups excluding carboxylic acids is 1. The van der Waals surface area contributed by atoms with Gasteiger partial charge in [0.15, 0.2) is 0 Å². The monoisotopic (exact) mass is 277 g/mol. The van der Waals surface area contributed by atoms with Crippen LogP contribution in [-0.2, 0) is 11.2 Å². The molecule has 0 aliphatic carbocycles. The number of aromatic nitrogens is 2. The number of rotatable bonds is 5. The van der Waals surface area contributed by atoms with Gasteiger partial charge in [-0.25, -0.2) is 0 Å². The Hall–Kier alpha value is -1.95. The molecule has 0 saturated heterocycles. The SMILES string of the molecule is COc1cccc(CCC(=O)Nc2nnc(C)s2)c1. The summed E-state index contributed by atoms with van der Waals surface area (Å²) >= 11 is 1.37. The van der Waals surface area contributed by atoms with Gasteiger partial charge < -0.3 is 10.1 Å². The Morgan fingerprint density at radius 3 is 2.95 bits per heavy atom. The molecule has 5 nitrogen and oxygen atoms in total. The third-order valence-corrected chi connectivity index (χ3v) is 3.30. The Balaban J connectivity index is 1.86. The number of hydrogen-bond donors (Lipinski definition) is 1. The molecule has 0 spiro atoms. The minimum Gasteiger partial charge on any atom is -0.497 e. The summed E-state index contributed by atoms with van der Waals surface area (Å²) in [4.78, 5) is 11.7. The highest BCUT2D eigenvalue weighted by atomic mass is 32.1. The quantitative estimate of drug-likeness (QED) is 0.911. The normalized spacial score (nSPS) is 10.2. The summed E-state index contributed by atoms with van der Waals surface area (Å²) in [6, 6.07) is 7.71. The Labute approximate surface area is 115 Å². The first-order valence-electron chi connectivity index (χ1n) is 5.90. The van der Waals surface area contributed by atoms with E-state index in [1.54, 1.807) is 7.11 Å². The molecule has 1 aromatic carbocycles. The number of anilines is 1. The summed E-state index contributed by atoms with van der Waals surface area (Å²) in [5.74, 6) is 0.747. The van der Waals surface area contributed by atoms with Crippen LogP contribution in [0.15, 0.2) is 24.3 Å². The predicted octanol–water partition coefficient (Wildman–Crippen LogP) is 2.43. The number of nitrogens with zero attached hydrogens (tertiary/aromatic N) is 2. The first-order chi connectivity index (χ1) is 9.17. The van der Waals surface area contributed by atoms with Crippen molar-refractivity contribution in [3.8, 4) is 5.75 Å². The van der Waals surface area contributed by atoms with E-state index in [2.05, 4.69) is 15.5 Å². The van der Waals surface area contributed by atoms with Crippen molar-refractivity contribution in [3.63, 3.8) is 0 Å². The molecular formula is C13H15N3O2S. The highest BCUT2D eigenvalue weighted by molar-refractivity contribution is 7.15. The van der Waals surface area contributed by atoms with Crippen LogP contribution in [0.4, 0.5) is 5.13 Å². The van der Waals surface area contributed by atoms with Crippen molar-refractivity contribution in [3.05, 3.63) is 34.8 Å². The molecule has 0 saturated carbocycles. The number of amides is 1. The lowest BCUT2D eigenvalue weighted by Gasteiger charge is -2.04. The Morgan fingerprint density at radius 1 is 1.42 bits per heavy atom. The van der Waals surface area contributed by atoms with E-state index in [9.17, 15) is 4.79 Å². The molecule has 0 unspecified atom stereocenters. The number of hydrogen-bond acceptors (Lipinski definition) is 5. The van der Waals surface area contributed by atoms with Crippen LogP contribution in [0.1, 0.15) is 17.0 Å². The number of benzene rings is 1. The van der Waals surface area contributed by atoms with Crippen molar-refractivity contribution in [1.82, 2.24) is 10.2 Å². The molecule has 1 N–H and O–H groups in total. The summed E-state index contributed by atoms with van der Waals surface area (Å²) < 4.78 is 5.14. The first-order valence-corrected chi connectivity index (χ1v) is 6.72. The van der Waals surface area contributed by atoms with Crippen LogP contribution in [-0.4, -0.2) is 23.2 Å². The summed E-state index contributed by atoms with van der Waals surface area (Å²) in [5.41, 5.74) is 1.07. The molecule has 1 heterocycles. The Morgan fingerprint density at radius 2 is 2.26 bits per heavy atom. The zero-order valence-corrected chi connectivity index (χ0v) is 11.7. The highest BCUT2D eigenvalue weighted by Crippen LogP contribution is 2.16. The van der Waals surface area contributed by atoms with Crippen molar-refractivity contribution >= 4 is 22.4 Å². The molecule has 100 valence electrons. The fraction of sp³-hybridized carbons (Fsp3) is 0.308. The van der Waals surface area contributed by atoms with E-state index in [-0.39, 0.29) is 5.91 Å². The average molecular weight is 277 g/mol. The van der Waals surface area contributed by atoms with Gasteiger partial charge in [-0.05, 0) is 31.0 Å². The zero-order valence-electron chi connectivity index (χ0n) is 10.8. The van der Waals surface area contributed by atoms with Crippen LogP contribution in [0.5, 0.6) is 5.75 Å². The van der Waals surface area contributed by atoms with Crippen LogP contribution in [0.2, 0.25) is 0 Å². The summed E-state index contributed by atoms with van der Waals surface area (Å²) in [5, 5.41) is 11.8. The Kier molecular flexibility index (Phi) is 4.46. The van der Waals surface area contributed by atoms with E-state index in [0.29, 0.717) is 18.0 Å². The zero-order chi connectivity index (χ0) is 13.7. The van der Waals surface area contributed by atoms with Crippen molar-refractivity contribution in [2.45, 2.75) is 19.8 Å². The second-order valence-electron chi connectivity index (χ2n) is 4.03. The molecule has 1 amide bonds. The minimum atomic E-state index is -0.0565. The van der Waals surface area contributed by atoms with Gasteiger partial charge in [-0.15, -0.1) is 10.2 Å². The molecule has 0 aliphatic heterocycles. The van der Waals surface area contributed by atoms with Crippen molar-refractivity contribution in [2.75, 3.05) is 12.4 Å². The molecular weight excluding hydrogens is 262 g/mol. The largest absolute Gasteiger partial charge is 0.497 e. The summed E-state index contributed by atoms with van der Waals surface area (Å²) in [6.07, 6.45) is 1.08. The number of methoxy groups -OCH3 is 1. The molecule has 2 rings (SSSR count). The molecule has 6 heteroatoms. The van der Waals surface area contributed by atoms with Gasteiger partial charge in [0.2, 0.25) is 11.0 Å². The third kappa shape index (κ3) is 4.03. The number of nitrogens with one attached hydrogen (secondary N) is 1. The molecule has 0 atom stereocenters. The van der Waals surface area contributed by atoms with Crippen LogP contribution in [0, 0.1) is 6.92 Å². The van der Waals surface area contributed by atoms with Gasteiger partial charge in [0.25, 0.3) is 0 Å². The van der Waals surface area contributed by atoms with Crippen molar-refractivity contribution in [2.24, 2.45) is 0 Å². The maximum Gasteiger partial charge on any atom is 0.226 e. The lowest BCUT2D eigenvalue weighted by molar-refractivity contribution is -0.116. The maximum atomic E-state index is 11.7. The van der Waals surface area contributed by atoms with Gasteiger partial charge >= 0.3 is 0 Å². The molecule has 0 radical (unpaired) electrons. The number of ether oxygens (including phenoxy) is 1. The molecule has 0 fully saturated rings. The van der Waals surface area contributed by atoms with Crippen LogP contribution >= 0.6 is 11.3 Å². The molecule has 19 heavy (non-hydrogen) atoms. The fourth-order valence-electron chi connectivity index (χ4n) is 1.61. The van der Waals surface area contributed by atoms with Crippen molar-refractivity contribution < 1.29 is 9.53 Å². The molecule has 1 aromatic heterocycles. The molecule has 0 aliphatic rings. The summed E-state index contributed by atoms with van der Waals surface area (Å²) in [7, 11) is 1.63. The third-order valence-electron chi connectivity index (χ3n) is 2.55. The standard InChI is InChI=1S/C13H15N3O2S/c1-9-15-16-13(19-9)14-12(17)7-6-10-4-3-5-11(8-10)18-2/h3-5,8H,6-7H2,1-2H3,(H,14,16,17). The molecule has 0 bridgehead atoms. The maximum absolute atomic E-state index is 11.7. The van der Waals surface area contributed by atoms with Crippen LogP contribution < -0.4 is 10.1 Å². The van der Waals surface area contributed by atoms with E-state index >= 15 is 0 Å². The van der Waals surface area contributed by atoms with Crippen molar-refractivity contribution in [1.29, 1.82) is 0 Å². The van der Waals surface area contributed by atoms with Gasteiger partial charge in [0.1, 0.15) is 10.8 Å². The number of aryl methyl sites for hydroxylation is 2. The van der Waals surface area contributed by atoms with Gasteiger partial charge in [-0.3, -0.25) is 4.79 Å².